The van der Waals surface area contributed by atoms with Crippen LogP contribution in [0.15, 0.2) is 53.7 Å². The predicted octanol–water partition coefficient (Wildman–Crippen LogP) is 2.07. The van der Waals surface area contributed by atoms with E-state index in [1.807, 2.05) is 49.4 Å². The molecule has 1 aliphatic rings. The lowest BCUT2D eigenvalue weighted by Gasteiger charge is -2.20. The first-order valence-electron chi connectivity index (χ1n) is 9.71. The lowest BCUT2D eigenvalue weighted by atomic mass is 10.3. The molecule has 0 saturated carbocycles. The van der Waals surface area contributed by atoms with Crippen LogP contribution in [-0.4, -0.2) is 59.9 Å². The fourth-order valence-corrected chi connectivity index (χ4v) is 2.94. The molecule has 0 unspecified atom stereocenters. The van der Waals surface area contributed by atoms with E-state index < -0.39 is 0 Å². The third-order valence-corrected chi connectivity index (χ3v) is 4.35. The molecule has 2 N–H and O–H groups in total. The predicted molar refractivity (Wildman–Crippen MR) is 109 cm³/mol. The molecule has 3 rings (SSSR count). The Kier molecular flexibility index (Phi) is 7.49. The van der Waals surface area contributed by atoms with Gasteiger partial charge in [0.2, 0.25) is 5.88 Å². The highest BCUT2D eigenvalue weighted by Gasteiger charge is 2.22. The van der Waals surface area contributed by atoms with Crippen LogP contribution in [0, 0.1) is 0 Å². The maximum absolute atomic E-state index is 9.73. The van der Waals surface area contributed by atoms with Crippen molar-refractivity contribution in [2.24, 2.45) is 4.99 Å². The van der Waals surface area contributed by atoms with Crippen LogP contribution in [-0.2, 0) is 6.54 Å². The van der Waals surface area contributed by atoms with Gasteiger partial charge >= 0.3 is 0 Å². The molecule has 28 heavy (non-hydrogen) atoms. The van der Waals surface area contributed by atoms with Crippen molar-refractivity contribution < 1.29 is 14.6 Å². The summed E-state index contributed by atoms with van der Waals surface area (Å²) < 4.78 is 11.2. The van der Waals surface area contributed by atoms with E-state index in [2.05, 4.69) is 20.2 Å². The molecule has 7 heteroatoms. The minimum atomic E-state index is -0.271. The van der Waals surface area contributed by atoms with Gasteiger partial charge in [0.25, 0.3) is 0 Å². The quantitative estimate of drug-likeness (QED) is 0.412. The van der Waals surface area contributed by atoms with Crippen molar-refractivity contribution in [2.45, 2.75) is 26.0 Å². The number of ether oxygens (including phenoxy) is 2. The number of nitrogens with one attached hydrogen (secondary N) is 1. The van der Waals surface area contributed by atoms with Crippen molar-refractivity contribution >= 4 is 5.96 Å². The summed E-state index contributed by atoms with van der Waals surface area (Å²) in [6.45, 7) is 5.70. The second kappa shape index (κ2) is 10.5. The third-order valence-electron chi connectivity index (χ3n) is 4.35. The first kappa shape index (κ1) is 19.9. The van der Waals surface area contributed by atoms with Gasteiger partial charge in [-0.15, -0.1) is 0 Å². The number of rotatable bonds is 8. The highest BCUT2D eigenvalue weighted by molar-refractivity contribution is 5.80. The van der Waals surface area contributed by atoms with Gasteiger partial charge in [0, 0.05) is 31.9 Å². The fraction of sp³-hybridized carbons (Fsp3) is 0.429. The van der Waals surface area contributed by atoms with Crippen LogP contribution in [0.1, 0.15) is 18.9 Å². The van der Waals surface area contributed by atoms with Crippen molar-refractivity contribution in [2.75, 3.05) is 32.8 Å². The van der Waals surface area contributed by atoms with E-state index in [1.165, 1.54) is 0 Å². The zero-order valence-electron chi connectivity index (χ0n) is 16.3. The van der Waals surface area contributed by atoms with E-state index >= 15 is 0 Å². The van der Waals surface area contributed by atoms with Crippen molar-refractivity contribution in [3.63, 3.8) is 0 Å². The Morgan fingerprint density at radius 2 is 2.04 bits per heavy atom. The number of β-amino-alcohol motifs (C(OH)–C–C–N with tert-alkyl or cyclic N) is 1. The van der Waals surface area contributed by atoms with Crippen molar-refractivity contribution in [3.05, 3.63) is 54.2 Å². The number of aliphatic hydroxyl groups excluding tert-OH is 1. The number of likely N-dealkylation sites (tertiary alicyclic amines) is 1. The third kappa shape index (κ3) is 6.13. The van der Waals surface area contributed by atoms with E-state index in [-0.39, 0.29) is 6.10 Å². The Balaban J connectivity index is 1.45. The van der Waals surface area contributed by atoms with Gasteiger partial charge in [-0.2, -0.15) is 0 Å². The van der Waals surface area contributed by atoms with Crippen LogP contribution in [0.3, 0.4) is 0 Å². The van der Waals surface area contributed by atoms with Crippen LogP contribution in [0.2, 0.25) is 0 Å². The van der Waals surface area contributed by atoms with Gasteiger partial charge in [0.1, 0.15) is 19.0 Å². The van der Waals surface area contributed by atoms with Crippen LogP contribution in [0.4, 0.5) is 0 Å². The Labute approximate surface area is 166 Å². The fourth-order valence-electron chi connectivity index (χ4n) is 2.94. The lowest BCUT2D eigenvalue weighted by Crippen LogP contribution is -2.40. The minimum Gasteiger partial charge on any atom is -0.490 e. The maximum atomic E-state index is 9.73. The number of guanidine groups is 1. The van der Waals surface area contributed by atoms with E-state index in [9.17, 15) is 5.11 Å². The molecule has 1 aliphatic heterocycles. The Morgan fingerprint density at radius 3 is 2.71 bits per heavy atom. The van der Waals surface area contributed by atoms with Gasteiger partial charge in [-0.3, -0.25) is 0 Å². The summed E-state index contributed by atoms with van der Waals surface area (Å²) in [5.74, 6) is 2.23. The normalized spacial score (nSPS) is 16.9. The largest absolute Gasteiger partial charge is 0.490 e. The van der Waals surface area contributed by atoms with E-state index in [1.54, 1.807) is 6.20 Å². The molecule has 2 heterocycles. The Morgan fingerprint density at radius 1 is 1.21 bits per heavy atom. The number of benzene rings is 1. The number of pyridine rings is 1. The second-order valence-electron chi connectivity index (χ2n) is 6.57. The number of aliphatic hydroxyl groups is 1. The topological polar surface area (TPSA) is 79.2 Å². The molecule has 1 atom stereocenters. The van der Waals surface area contributed by atoms with Gasteiger partial charge in [0.05, 0.1) is 12.6 Å². The summed E-state index contributed by atoms with van der Waals surface area (Å²) in [5.41, 5.74) is 1.00. The highest BCUT2D eigenvalue weighted by atomic mass is 16.5. The van der Waals surface area contributed by atoms with Crippen molar-refractivity contribution in [1.29, 1.82) is 0 Å². The van der Waals surface area contributed by atoms with Crippen LogP contribution in [0.5, 0.6) is 11.6 Å². The summed E-state index contributed by atoms with van der Waals surface area (Å²) in [6, 6.07) is 13.5. The maximum Gasteiger partial charge on any atom is 0.213 e. The standard InChI is InChI=1S/C21H28N4O3/c1-2-22-21(25-11-10-18(26)16-25)24-15-17-8-9-20(23-14-17)28-13-12-27-19-6-4-3-5-7-19/h3-9,14,18,26H,2,10-13,15-16H2,1H3,(H,22,24)/t18-/m1/s1. The van der Waals surface area contributed by atoms with Gasteiger partial charge in [0.15, 0.2) is 5.96 Å². The molecular formula is C21H28N4O3. The number of hydrogen-bond donors (Lipinski definition) is 2. The molecule has 1 fully saturated rings. The summed E-state index contributed by atoms with van der Waals surface area (Å²) in [6.07, 6.45) is 2.29. The van der Waals surface area contributed by atoms with Gasteiger partial charge in [-0.05, 0) is 31.0 Å². The average molecular weight is 384 g/mol. The van der Waals surface area contributed by atoms with Gasteiger partial charge in [-0.25, -0.2) is 9.98 Å². The first-order valence-corrected chi connectivity index (χ1v) is 9.71. The van der Waals surface area contributed by atoms with Crippen LogP contribution < -0.4 is 14.8 Å². The van der Waals surface area contributed by atoms with Crippen LogP contribution in [0.25, 0.3) is 0 Å². The molecule has 1 saturated heterocycles. The first-order chi connectivity index (χ1) is 13.7. The van der Waals surface area contributed by atoms with E-state index in [0.29, 0.717) is 32.2 Å². The number of aliphatic imine (C=N–C) groups is 1. The summed E-state index contributed by atoms with van der Waals surface area (Å²) in [4.78, 5) is 11.1. The molecule has 7 nitrogen and oxygen atoms in total. The number of aromatic nitrogens is 1. The smallest absolute Gasteiger partial charge is 0.213 e. The number of para-hydroxylation sites is 1. The molecule has 0 radical (unpaired) electrons. The van der Waals surface area contributed by atoms with Gasteiger partial charge < -0.3 is 24.8 Å². The highest BCUT2D eigenvalue weighted by Crippen LogP contribution is 2.12. The summed E-state index contributed by atoms with van der Waals surface area (Å²) >= 11 is 0. The molecule has 150 valence electrons. The molecule has 0 aliphatic carbocycles. The molecule has 2 aromatic rings. The van der Waals surface area contributed by atoms with Gasteiger partial charge in [-0.1, -0.05) is 24.3 Å². The van der Waals surface area contributed by atoms with Crippen molar-refractivity contribution in [1.82, 2.24) is 15.2 Å². The van der Waals surface area contributed by atoms with E-state index in [4.69, 9.17) is 9.47 Å². The molecule has 1 aromatic carbocycles. The molecule has 0 spiro atoms. The average Bonchev–Trinajstić information content (AvgIpc) is 3.16. The Hall–Kier alpha value is -2.80. The lowest BCUT2D eigenvalue weighted by molar-refractivity contribution is 0.188. The monoisotopic (exact) mass is 384 g/mol. The molecule has 1 aromatic heterocycles. The zero-order valence-corrected chi connectivity index (χ0v) is 16.3. The Bertz CT molecular complexity index is 737. The second-order valence-corrected chi connectivity index (χ2v) is 6.57. The molecular weight excluding hydrogens is 356 g/mol. The minimum absolute atomic E-state index is 0.271. The number of nitrogens with zero attached hydrogens (tertiary/aromatic N) is 3. The number of hydrogen-bond acceptors (Lipinski definition) is 5. The SMILES string of the molecule is CCNC(=NCc1ccc(OCCOc2ccccc2)nc1)N1CC[C@@H](O)C1. The summed E-state index contributed by atoms with van der Waals surface area (Å²) in [7, 11) is 0. The van der Waals surface area contributed by atoms with Crippen LogP contribution >= 0.6 is 0 Å². The molecule has 0 amide bonds. The van der Waals surface area contributed by atoms with E-state index in [0.717, 1.165) is 36.8 Å². The van der Waals surface area contributed by atoms with Crippen molar-refractivity contribution in [3.8, 4) is 11.6 Å². The summed E-state index contributed by atoms with van der Waals surface area (Å²) in [5, 5.41) is 13.0. The molecule has 0 bridgehead atoms. The zero-order chi connectivity index (χ0) is 19.6.